The van der Waals surface area contributed by atoms with Crippen molar-refractivity contribution >= 4 is 11.8 Å². The smallest absolute Gasteiger partial charge is 0.236 e. The summed E-state index contributed by atoms with van der Waals surface area (Å²) in [5.41, 5.74) is 0.951. The fraction of sp³-hybridized carbons (Fsp3) is 0.619. The van der Waals surface area contributed by atoms with Crippen LogP contribution in [0.5, 0.6) is 0 Å². The Hall–Kier alpha value is -1.92. The van der Waals surface area contributed by atoms with Gasteiger partial charge in [-0.2, -0.15) is 0 Å². The van der Waals surface area contributed by atoms with Crippen LogP contribution in [0.3, 0.4) is 0 Å². The molecule has 1 aromatic rings. The van der Waals surface area contributed by atoms with Gasteiger partial charge in [-0.05, 0) is 18.4 Å². The molecule has 6 heteroatoms. The number of carbonyl (C=O) groups excluding carboxylic acids is 2. The van der Waals surface area contributed by atoms with Crippen LogP contribution in [0.1, 0.15) is 24.8 Å². The van der Waals surface area contributed by atoms with E-state index >= 15 is 0 Å². The minimum Gasteiger partial charge on any atom is -0.379 e. The average molecular weight is 371 g/mol. The lowest BCUT2D eigenvalue weighted by molar-refractivity contribution is -0.131. The second-order valence-corrected chi connectivity index (χ2v) is 8.26. The first kappa shape index (κ1) is 18.4. The minimum absolute atomic E-state index is 0.190. The molecule has 3 fully saturated rings. The summed E-state index contributed by atoms with van der Waals surface area (Å²) in [6.07, 6.45) is 2.73. The number of ether oxygens (including phenoxy) is 1. The van der Waals surface area contributed by atoms with Crippen molar-refractivity contribution in [2.45, 2.75) is 25.8 Å². The summed E-state index contributed by atoms with van der Waals surface area (Å²) in [6, 6.07) is 10.1. The summed E-state index contributed by atoms with van der Waals surface area (Å²) in [7, 11) is 0. The lowest BCUT2D eigenvalue weighted by Crippen LogP contribution is -2.45. The van der Waals surface area contributed by atoms with E-state index in [1.54, 1.807) is 0 Å². The first-order valence-corrected chi connectivity index (χ1v) is 10.0. The highest BCUT2D eigenvalue weighted by Crippen LogP contribution is 2.35. The van der Waals surface area contributed by atoms with Crippen LogP contribution < -0.4 is 0 Å². The van der Waals surface area contributed by atoms with Crippen molar-refractivity contribution in [3.63, 3.8) is 0 Å². The summed E-state index contributed by atoms with van der Waals surface area (Å²) in [5, 5.41) is 0. The van der Waals surface area contributed by atoms with Crippen molar-refractivity contribution in [1.29, 1.82) is 0 Å². The zero-order valence-electron chi connectivity index (χ0n) is 15.9. The molecule has 0 saturated carbocycles. The Morgan fingerprint density at radius 1 is 1.07 bits per heavy atom. The van der Waals surface area contributed by atoms with Gasteiger partial charge in [-0.15, -0.1) is 0 Å². The number of amides is 2. The zero-order valence-corrected chi connectivity index (χ0v) is 15.9. The number of hydrogen-bond acceptors (Lipinski definition) is 4. The number of hydrogen-bond donors (Lipinski definition) is 0. The molecule has 2 amide bonds. The summed E-state index contributed by atoms with van der Waals surface area (Å²) in [6.45, 7) is 6.30. The van der Waals surface area contributed by atoms with E-state index in [1.165, 1.54) is 0 Å². The van der Waals surface area contributed by atoms with Crippen LogP contribution in [-0.4, -0.2) is 79.0 Å². The van der Waals surface area contributed by atoms with Crippen molar-refractivity contribution in [2.24, 2.45) is 5.41 Å². The fourth-order valence-electron chi connectivity index (χ4n) is 4.61. The van der Waals surface area contributed by atoms with Crippen molar-refractivity contribution in [2.75, 3.05) is 52.5 Å². The highest BCUT2D eigenvalue weighted by Gasteiger charge is 2.45. The van der Waals surface area contributed by atoms with E-state index in [9.17, 15) is 9.59 Å². The van der Waals surface area contributed by atoms with Gasteiger partial charge in [0.25, 0.3) is 0 Å². The van der Waals surface area contributed by atoms with Crippen LogP contribution >= 0.6 is 0 Å². The topological polar surface area (TPSA) is 53.1 Å². The Kier molecular flexibility index (Phi) is 5.45. The zero-order chi connectivity index (χ0) is 18.7. The molecule has 0 N–H and O–H groups in total. The van der Waals surface area contributed by atoms with E-state index < -0.39 is 0 Å². The predicted molar refractivity (Wildman–Crippen MR) is 102 cm³/mol. The lowest BCUT2D eigenvalue weighted by atomic mass is 9.87. The van der Waals surface area contributed by atoms with E-state index in [0.717, 1.165) is 44.6 Å². The molecule has 3 saturated heterocycles. The Balaban J connectivity index is 1.40. The van der Waals surface area contributed by atoms with Gasteiger partial charge in [0, 0.05) is 51.1 Å². The summed E-state index contributed by atoms with van der Waals surface area (Å²) < 4.78 is 5.87. The maximum Gasteiger partial charge on any atom is 0.236 e. The van der Waals surface area contributed by atoms with Gasteiger partial charge in [0.1, 0.15) is 0 Å². The molecular weight excluding hydrogens is 342 g/mol. The number of carbonyl (C=O) groups is 2. The third-order valence-electron chi connectivity index (χ3n) is 5.96. The Labute approximate surface area is 161 Å². The van der Waals surface area contributed by atoms with Crippen LogP contribution in [0.2, 0.25) is 0 Å². The summed E-state index contributed by atoms with van der Waals surface area (Å²) >= 11 is 0. The van der Waals surface area contributed by atoms with Crippen LogP contribution in [0.4, 0.5) is 0 Å². The SMILES string of the molecule is O=C(CN1CCOCC2(CC(=O)N(Cc3ccccc3)C2)C1)N1CCCC1. The molecule has 0 radical (unpaired) electrons. The molecule has 1 spiro atoms. The van der Waals surface area contributed by atoms with Crippen molar-refractivity contribution in [3.8, 4) is 0 Å². The highest BCUT2D eigenvalue weighted by molar-refractivity contribution is 5.80. The van der Waals surface area contributed by atoms with Crippen molar-refractivity contribution < 1.29 is 14.3 Å². The molecule has 0 aromatic heterocycles. The largest absolute Gasteiger partial charge is 0.379 e. The first-order chi connectivity index (χ1) is 13.1. The molecule has 3 heterocycles. The molecule has 3 aliphatic rings. The van der Waals surface area contributed by atoms with Crippen molar-refractivity contribution in [3.05, 3.63) is 35.9 Å². The molecule has 1 atom stereocenters. The molecular formula is C21H29N3O3. The first-order valence-electron chi connectivity index (χ1n) is 10.0. The van der Waals surface area contributed by atoms with Gasteiger partial charge in [-0.25, -0.2) is 0 Å². The van der Waals surface area contributed by atoms with Gasteiger partial charge >= 0.3 is 0 Å². The number of nitrogens with zero attached hydrogens (tertiary/aromatic N) is 3. The van der Waals surface area contributed by atoms with Gasteiger partial charge in [0.15, 0.2) is 0 Å². The van der Waals surface area contributed by atoms with Crippen LogP contribution in [0.25, 0.3) is 0 Å². The summed E-state index contributed by atoms with van der Waals surface area (Å²) in [4.78, 5) is 31.4. The normalized spacial score (nSPS) is 26.7. The van der Waals surface area contributed by atoms with E-state index in [0.29, 0.717) is 39.3 Å². The highest BCUT2D eigenvalue weighted by atomic mass is 16.5. The van der Waals surface area contributed by atoms with Crippen LogP contribution in [0, 0.1) is 5.41 Å². The number of rotatable bonds is 4. The maximum atomic E-state index is 12.7. The van der Waals surface area contributed by atoms with E-state index in [1.807, 2.05) is 28.0 Å². The second-order valence-electron chi connectivity index (χ2n) is 8.26. The Bertz CT molecular complexity index is 675. The standard InChI is InChI=1S/C21H29N3O3/c25-19-12-21(16-24(19)13-18-6-2-1-3-7-18)15-22(10-11-27-17-21)14-20(26)23-8-4-5-9-23/h1-3,6-7H,4-5,8-17H2. The number of likely N-dealkylation sites (tertiary alicyclic amines) is 2. The molecule has 1 unspecified atom stereocenters. The van der Waals surface area contributed by atoms with Gasteiger partial charge in [-0.3, -0.25) is 14.5 Å². The molecule has 4 rings (SSSR count). The van der Waals surface area contributed by atoms with Gasteiger partial charge in [-0.1, -0.05) is 30.3 Å². The molecule has 1 aromatic carbocycles. The molecule has 146 valence electrons. The van der Waals surface area contributed by atoms with Crippen LogP contribution in [-0.2, 0) is 20.9 Å². The molecule has 0 bridgehead atoms. The third kappa shape index (κ3) is 4.33. The molecule has 3 aliphatic heterocycles. The molecule has 0 aliphatic carbocycles. The van der Waals surface area contributed by atoms with Gasteiger partial charge in [0.2, 0.25) is 11.8 Å². The van der Waals surface area contributed by atoms with Gasteiger partial charge in [0.05, 0.1) is 19.8 Å². The third-order valence-corrected chi connectivity index (χ3v) is 5.96. The Morgan fingerprint density at radius 2 is 1.85 bits per heavy atom. The quantitative estimate of drug-likeness (QED) is 0.802. The second kappa shape index (κ2) is 7.98. The number of benzene rings is 1. The maximum absolute atomic E-state index is 12.7. The fourth-order valence-corrected chi connectivity index (χ4v) is 4.61. The van der Waals surface area contributed by atoms with Crippen LogP contribution in [0.15, 0.2) is 30.3 Å². The van der Waals surface area contributed by atoms with E-state index in [-0.39, 0.29) is 17.2 Å². The van der Waals surface area contributed by atoms with Gasteiger partial charge < -0.3 is 14.5 Å². The van der Waals surface area contributed by atoms with Crippen molar-refractivity contribution in [1.82, 2.24) is 14.7 Å². The average Bonchev–Trinajstić information content (AvgIpc) is 3.24. The minimum atomic E-state index is -0.201. The van der Waals surface area contributed by atoms with E-state index in [4.69, 9.17) is 4.74 Å². The Morgan fingerprint density at radius 3 is 2.63 bits per heavy atom. The molecule has 6 nitrogen and oxygen atoms in total. The monoisotopic (exact) mass is 371 g/mol. The van der Waals surface area contributed by atoms with E-state index in [2.05, 4.69) is 17.0 Å². The summed E-state index contributed by atoms with van der Waals surface area (Å²) in [5.74, 6) is 0.408. The predicted octanol–water partition coefficient (Wildman–Crippen LogP) is 1.36. The lowest BCUT2D eigenvalue weighted by Gasteiger charge is -2.31. The molecule has 27 heavy (non-hydrogen) atoms.